The highest BCUT2D eigenvalue weighted by Gasteiger charge is 2.25. The third-order valence-electron chi connectivity index (χ3n) is 3.06. The van der Waals surface area contributed by atoms with Gasteiger partial charge in [-0.1, -0.05) is 18.2 Å². The predicted molar refractivity (Wildman–Crippen MR) is 64.3 cm³/mol. The molecule has 1 unspecified atom stereocenters. The Kier molecular flexibility index (Phi) is 3.02. The minimum absolute atomic E-state index is 0.145. The molecule has 3 rings (SSSR count). The fourth-order valence-electron chi connectivity index (χ4n) is 2.29. The van der Waals surface area contributed by atoms with Crippen LogP contribution in [0.5, 0.6) is 5.75 Å². The second-order valence-corrected chi connectivity index (χ2v) is 4.18. The van der Waals surface area contributed by atoms with Gasteiger partial charge in [-0.25, -0.2) is 4.68 Å². The smallest absolute Gasteiger partial charge is 0.387 e. The Morgan fingerprint density at radius 2 is 2.21 bits per heavy atom. The zero-order valence-electron chi connectivity index (χ0n) is 9.96. The van der Waals surface area contributed by atoms with Crippen LogP contribution in [0.3, 0.4) is 0 Å². The minimum atomic E-state index is -2.84. The number of anilines is 1. The lowest BCUT2D eigenvalue weighted by molar-refractivity contribution is -0.0507. The fourth-order valence-corrected chi connectivity index (χ4v) is 2.29. The molecule has 0 aliphatic carbocycles. The monoisotopic (exact) mass is 266 g/mol. The Labute approximate surface area is 108 Å². The number of alkyl halides is 2. The van der Waals surface area contributed by atoms with Crippen LogP contribution in [0.4, 0.5) is 14.7 Å². The van der Waals surface area contributed by atoms with Gasteiger partial charge in [-0.2, -0.15) is 18.9 Å². The van der Waals surface area contributed by atoms with Crippen molar-refractivity contribution in [3.63, 3.8) is 0 Å². The zero-order valence-corrected chi connectivity index (χ0v) is 9.96. The lowest BCUT2D eigenvalue weighted by Crippen LogP contribution is -2.25. The molecule has 0 saturated heterocycles. The summed E-state index contributed by atoms with van der Waals surface area (Å²) in [5.74, 6) is 0.828. The first-order chi connectivity index (χ1) is 9.25. The topological polar surface area (TPSA) is 52.0 Å². The van der Waals surface area contributed by atoms with Crippen molar-refractivity contribution in [2.24, 2.45) is 0 Å². The lowest BCUT2D eigenvalue weighted by Gasteiger charge is -2.26. The molecule has 1 aliphatic heterocycles. The highest BCUT2D eigenvalue weighted by Crippen LogP contribution is 2.34. The molecule has 100 valence electrons. The number of fused-ring (bicyclic) bond motifs is 1. The molecule has 1 aliphatic rings. The molecule has 0 bridgehead atoms. The quantitative estimate of drug-likeness (QED) is 0.926. The van der Waals surface area contributed by atoms with Crippen LogP contribution in [0.25, 0.3) is 0 Å². The van der Waals surface area contributed by atoms with Crippen LogP contribution < -0.4 is 10.1 Å². The van der Waals surface area contributed by atoms with E-state index in [0.717, 1.165) is 6.42 Å². The van der Waals surface area contributed by atoms with Gasteiger partial charge in [0.05, 0.1) is 6.04 Å². The molecule has 5 nitrogen and oxygen atoms in total. The molecule has 0 spiro atoms. The van der Waals surface area contributed by atoms with E-state index >= 15 is 0 Å². The number of rotatable bonds is 3. The molecule has 0 radical (unpaired) electrons. The molecular weight excluding hydrogens is 254 g/mol. The Morgan fingerprint density at radius 3 is 3.05 bits per heavy atom. The predicted octanol–water partition coefficient (Wildman–Crippen LogP) is 2.28. The first kappa shape index (κ1) is 11.9. The van der Waals surface area contributed by atoms with Crippen molar-refractivity contribution in [1.29, 1.82) is 0 Å². The molecular formula is C12H12F2N4O. The van der Waals surface area contributed by atoms with Crippen LogP contribution in [0.1, 0.15) is 18.0 Å². The van der Waals surface area contributed by atoms with Crippen molar-refractivity contribution < 1.29 is 13.5 Å². The summed E-state index contributed by atoms with van der Waals surface area (Å²) in [4.78, 5) is 4.07. The van der Waals surface area contributed by atoms with Crippen molar-refractivity contribution in [1.82, 2.24) is 14.8 Å². The van der Waals surface area contributed by atoms with Crippen molar-refractivity contribution in [3.8, 4) is 5.75 Å². The third kappa shape index (κ3) is 2.23. The van der Waals surface area contributed by atoms with Crippen molar-refractivity contribution in [3.05, 3.63) is 36.2 Å². The molecule has 0 amide bonds. The average Bonchev–Trinajstić information content (AvgIpc) is 2.87. The number of hydrogen-bond donors (Lipinski definition) is 1. The van der Waals surface area contributed by atoms with Gasteiger partial charge in [0.15, 0.2) is 0 Å². The molecule has 1 aromatic heterocycles. The van der Waals surface area contributed by atoms with Crippen LogP contribution in [0, 0.1) is 0 Å². The van der Waals surface area contributed by atoms with Gasteiger partial charge >= 0.3 is 6.61 Å². The first-order valence-electron chi connectivity index (χ1n) is 5.93. The van der Waals surface area contributed by atoms with E-state index in [1.165, 1.54) is 6.33 Å². The average molecular weight is 266 g/mol. The zero-order chi connectivity index (χ0) is 13.2. The number of hydrogen-bond acceptors (Lipinski definition) is 4. The SMILES string of the molecule is FC(F)Oc1ccccc1C1CCNc2ncnn21. The Balaban J connectivity index is 2.00. The second-order valence-electron chi connectivity index (χ2n) is 4.18. The number of benzene rings is 1. The molecule has 19 heavy (non-hydrogen) atoms. The van der Waals surface area contributed by atoms with Crippen LogP contribution in [-0.4, -0.2) is 27.9 Å². The van der Waals surface area contributed by atoms with Crippen LogP contribution in [0.15, 0.2) is 30.6 Å². The highest BCUT2D eigenvalue weighted by atomic mass is 19.3. The number of ether oxygens (including phenoxy) is 1. The van der Waals surface area contributed by atoms with Gasteiger partial charge in [0.1, 0.15) is 12.1 Å². The van der Waals surface area contributed by atoms with E-state index in [1.807, 2.05) is 0 Å². The summed E-state index contributed by atoms with van der Waals surface area (Å²) in [5.41, 5.74) is 0.691. The number of aromatic nitrogens is 3. The largest absolute Gasteiger partial charge is 0.434 e. The maximum atomic E-state index is 12.4. The van der Waals surface area contributed by atoms with Crippen molar-refractivity contribution in [2.75, 3.05) is 11.9 Å². The third-order valence-corrected chi connectivity index (χ3v) is 3.06. The van der Waals surface area contributed by atoms with E-state index in [2.05, 4.69) is 20.1 Å². The summed E-state index contributed by atoms with van der Waals surface area (Å²) >= 11 is 0. The Bertz CT molecular complexity index is 572. The molecule has 1 N–H and O–H groups in total. The number of para-hydroxylation sites is 1. The maximum absolute atomic E-state index is 12.4. The molecule has 7 heteroatoms. The van der Waals surface area contributed by atoms with E-state index in [-0.39, 0.29) is 11.8 Å². The Morgan fingerprint density at radius 1 is 1.37 bits per heavy atom. The fraction of sp³-hybridized carbons (Fsp3) is 0.333. The van der Waals surface area contributed by atoms with Gasteiger partial charge in [0.2, 0.25) is 5.95 Å². The molecule has 2 heterocycles. The summed E-state index contributed by atoms with van der Waals surface area (Å²) in [5, 5.41) is 7.24. The van der Waals surface area contributed by atoms with Gasteiger partial charge in [0, 0.05) is 12.1 Å². The maximum Gasteiger partial charge on any atom is 0.387 e. The second kappa shape index (κ2) is 4.83. The summed E-state index contributed by atoms with van der Waals surface area (Å²) in [6.45, 7) is -2.12. The van der Waals surface area contributed by atoms with E-state index in [4.69, 9.17) is 0 Å². The standard InChI is InChI=1S/C12H12F2N4O/c13-11(14)19-10-4-2-1-3-8(10)9-5-6-15-12-16-7-17-18(9)12/h1-4,7,9,11H,5-6H2,(H,15,16,17). The van der Waals surface area contributed by atoms with E-state index in [9.17, 15) is 8.78 Å². The normalized spacial score (nSPS) is 17.9. The van der Waals surface area contributed by atoms with Crippen LogP contribution >= 0.6 is 0 Å². The van der Waals surface area contributed by atoms with Crippen LogP contribution in [-0.2, 0) is 0 Å². The van der Waals surface area contributed by atoms with Gasteiger partial charge in [-0.15, -0.1) is 0 Å². The molecule has 0 fully saturated rings. The van der Waals surface area contributed by atoms with Gasteiger partial charge in [0.25, 0.3) is 0 Å². The summed E-state index contributed by atoms with van der Waals surface area (Å²) in [6.07, 6.45) is 2.18. The number of halogens is 2. The molecule has 1 aromatic carbocycles. The highest BCUT2D eigenvalue weighted by molar-refractivity contribution is 5.39. The number of nitrogens with zero attached hydrogens (tertiary/aromatic N) is 3. The van der Waals surface area contributed by atoms with E-state index < -0.39 is 6.61 Å². The molecule has 1 atom stereocenters. The molecule has 2 aromatic rings. The van der Waals surface area contributed by atoms with Gasteiger partial charge < -0.3 is 10.1 Å². The molecule has 0 saturated carbocycles. The Hall–Kier alpha value is -2.18. The summed E-state index contributed by atoms with van der Waals surface area (Å²) in [6, 6.07) is 6.64. The van der Waals surface area contributed by atoms with E-state index in [1.54, 1.807) is 28.9 Å². The van der Waals surface area contributed by atoms with Crippen molar-refractivity contribution >= 4 is 5.95 Å². The lowest BCUT2D eigenvalue weighted by atomic mass is 10.0. The summed E-state index contributed by atoms with van der Waals surface area (Å²) in [7, 11) is 0. The van der Waals surface area contributed by atoms with Crippen molar-refractivity contribution in [2.45, 2.75) is 19.1 Å². The van der Waals surface area contributed by atoms with Crippen LogP contribution in [0.2, 0.25) is 0 Å². The first-order valence-corrected chi connectivity index (χ1v) is 5.93. The number of nitrogens with one attached hydrogen (secondary N) is 1. The van der Waals surface area contributed by atoms with Gasteiger partial charge in [-0.05, 0) is 12.5 Å². The van der Waals surface area contributed by atoms with E-state index in [0.29, 0.717) is 18.1 Å². The minimum Gasteiger partial charge on any atom is -0.434 e. The summed E-state index contributed by atoms with van der Waals surface area (Å²) < 4.78 is 31.1. The van der Waals surface area contributed by atoms with Gasteiger partial charge in [-0.3, -0.25) is 0 Å².